The Morgan fingerprint density at radius 3 is 3.00 bits per heavy atom. The van der Waals surface area contributed by atoms with Gasteiger partial charge in [0.25, 0.3) is 0 Å². The van der Waals surface area contributed by atoms with Gasteiger partial charge in [-0.3, -0.25) is 0 Å². The van der Waals surface area contributed by atoms with Gasteiger partial charge in [-0.2, -0.15) is 0 Å². The first-order valence-electron chi connectivity index (χ1n) is 5.55. The molecule has 0 aliphatic carbocycles. The van der Waals surface area contributed by atoms with E-state index in [9.17, 15) is 5.11 Å². The molecule has 0 saturated carbocycles. The van der Waals surface area contributed by atoms with Crippen molar-refractivity contribution in [2.24, 2.45) is 0 Å². The van der Waals surface area contributed by atoms with Gasteiger partial charge in [0.15, 0.2) is 0 Å². The Morgan fingerprint density at radius 2 is 2.40 bits per heavy atom. The lowest BCUT2D eigenvalue weighted by Gasteiger charge is -2.37. The smallest absolute Gasteiger partial charge is 0.0610 e. The molecule has 84 valence electrons. The van der Waals surface area contributed by atoms with E-state index in [1.165, 1.54) is 16.2 Å². The molecule has 1 aliphatic rings. The maximum absolute atomic E-state index is 9.36. The fraction of sp³-hybridized carbons (Fsp3) is 0.667. The Balaban J connectivity index is 2.11. The largest absolute Gasteiger partial charge is 0.394 e. The van der Waals surface area contributed by atoms with Crippen LogP contribution in [0.2, 0.25) is 0 Å². The van der Waals surface area contributed by atoms with Gasteiger partial charge in [0.1, 0.15) is 0 Å². The Hall–Kier alpha value is -0.380. The zero-order chi connectivity index (χ0) is 10.9. The van der Waals surface area contributed by atoms with Gasteiger partial charge in [-0.05, 0) is 51.3 Å². The molecule has 1 aromatic heterocycles. The van der Waals surface area contributed by atoms with Crippen molar-refractivity contribution in [2.75, 3.05) is 13.2 Å². The summed E-state index contributed by atoms with van der Waals surface area (Å²) in [6.07, 6.45) is 2.24. The quantitative estimate of drug-likeness (QED) is 0.809. The molecule has 2 atom stereocenters. The molecular weight excluding hydrogens is 206 g/mol. The molecule has 2 nitrogen and oxygen atoms in total. The molecule has 1 aliphatic heterocycles. The van der Waals surface area contributed by atoms with E-state index in [1.807, 2.05) is 11.3 Å². The predicted octanol–water partition coefficient (Wildman–Crippen LogP) is 2.27. The van der Waals surface area contributed by atoms with Crippen LogP contribution in [-0.2, 0) is 0 Å². The van der Waals surface area contributed by atoms with Crippen LogP contribution in [0.4, 0.5) is 0 Å². The van der Waals surface area contributed by atoms with Gasteiger partial charge in [-0.15, -0.1) is 11.3 Å². The second-order valence-corrected chi connectivity index (χ2v) is 6.10. The second kappa shape index (κ2) is 4.24. The maximum Gasteiger partial charge on any atom is 0.0610 e. The van der Waals surface area contributed by atoms with Crippen molar-refractivity contribution >= 4 is 11.3 Å². The average molecular weight is 225 g/mol. The van der Waals surface area contributed by atoms with E-state index in [0.717, 1.165) is 13.0 Å². The van der Waals surface area contributed by atoms with Crippen LogP contribution in [0.25, 0.3) is 0 Å². The summed E-state index contributed by atoms with van der Waals surface area (Å²) in [5.74, 6) is 0.627. The van der Waals surface area contributed by atoms with Crippen molar-refractivity contribution < 1.29 is 5.11 Å². The monoisotopic (exact) mass is 225 g/mol. The third kappa shape index (κ3) is 2.41. The molecule has 1 fully saturated rings. The summed E-state index contributed by atoms with van der Waals surface area (Å²) in [5.41, 5.74) is -0.0825. The number of rotatable bonds is 2. The third-order valence-electron chi connectivity index (χ3n) is 3.25. The van der Waals surface area contributed by atoms with Crippen molar-refractivity contribution in [2.45, 2.75) is 38.1 Å². The topological polar surface area (TPSA) is 32.3 Å². The summed E-state index contributed by atoms with van der Waals surface area (Å²) in [5, 5.41) is 12.8. The molecule has 2 N–H and O–H groups in total. The number of piperidine rings is 1. The highest BCUT2D eigenvalue weighted by atomic mass is 32.1. The van der Waals surface area contributed by atoms with Gasteiger partial charge in [0, 0.05) is 15.3 Å². The van der Waals surface area contributed by atoms with Crippen molar-refractivity contribution in [3.8, 4) is 0 Å². The van der Waals surface area contributed by atoms with Crippen LogP contribution in [0.1, 0.15) is 35.4 Å². The molecule has 2 unspecified atom stereocenters. The zero-order valence-electron chi connectivity index (χ0n) is 9.42. The number of hydrogen-bond donors (Lipinski definition) is 2. The number of hydrogen-bond acceptors (Lipinski definition) is 3. The van der Waals surface area contributed by atoms with E-state index in [0.29, 0.717) is 5.92 Å². The van der Waals surface area contributed by atoms with Gasteiger partial charge in [0.05, 0.1) is 6.61 Å². The Bertz CT molecular complexity index is 336. The molecule has 2 rings (SSSR count). The van der Waals surface area contributed by atoms with Crippen LogP contribution >= 0.6 is 11.3 Å². The van der Waals surface area contributed by atoms with Gasteiger partial charge < -0.3 is 10.4 Å². The van der Waals surface area contributed by atoms with E-state index in [-0.39, 0.29) is 12.1 Å². The van der Waals surface area contributed by atoms with Crippen molar-refractivity contribution in [3.63, 3.8) is 0 Å². The van der Waals surface area contributed by atoms with Crippen molar-refractivity contribution in [1.29, 1.82) is 0 Å². The summed E-state index contributed by atoms with van der Waals surface area (Å²) in [7, 11) is 0. The molecular formula is C12H19NOS. The van der Waals surface area contributed by atoms with Crippen LogP contribution in [0.15, 0.2) is 12.1 Å². The van der Waals surface area contributed by atoms with Crippen LogP contribution < -0.4 is 5.32 Å². The molecule has 1 saturated heterocycles. The van der Waals surface area contributed by atoms with E-state index < -0.39 is 0 Å². The highest BCUT2D eigenvalue weighted by Crippen LogP contribution is 2.35. The summed E-state index contributed by atoms with van der Waals surface area (Å²) in [6, 6.07) is 4.44. The maximum atomic E-state index is 9.36. The summed E-state index contributed by atoms with van der Waals surface area (Å²) in [4.78, 5) is 2.86. The van der Waals surface area contributed by atoms with Crippen molar-refractivity contribution in [1.82, 2.24) is 5.32 Å². The molecule has 0 spiro atoms. The molecule has 0 amide bonds. The highest BCUT2D eigenvalue weighted by molar-refractivity contribution is 7.12. The van der Waals surface area contributed by atoms with Crippen LogP contribution in [0, 0.1) is 6.92 Å². The normalized spacial score (nSPS) is 31.8. The number of aliphatic hydroxyl groups excluding tert-OH is 1. The lowest BCUT2D eigenvalue weighted by molar-refractivity contribution is 0.138. The Morgan fingerprint density at radius 1 is 1.60 bits per heavy atom. The minimum Gasteiger partial charge on any atom is -0.394 e. The first-order chi connectivity index (χ1) is 7.13. The molecule has 0 bridgehead atoms. The molecule has 2 heterocycles. The van der Waals surface area contributed by atoms with Crippen LogP contribution in [-0.4, -0.2) is 23.8 Å². The second-order valence-electron chi connectivity index (χ2n) is 4.78. The Kier molecular flexibility index (Phi) is 3.14. The summed E-state index contributed by atoms with van der Waals surface area (Å²) >= 11 is 1.90. The van der Waals surface area contributed by atoms with Crippen LogP contribution in [0.3, 0.4) is 0 Å². The van der Waals surface area contributed by atoms with Gasteiger partial charge >= 0.3 is 0 Å². The van der Waals surface area contributed by atoms with E-state index in [1.54, 1.807) is 0 Å². The predicted molar refractivity (Wildman–Crippen MR) is 64.5 cm³/mol. The van der Waals surface area contributed by atoms with E-state index >= 15 is 0 Å². The van der Waals surface area contributed by atoms with Gasteiger partial charge in [-0.25, -0.2) is 0 Å². The first-order valence-corrected chi connectivity index (χ1v) is 6.37. The lowest BCUT2D eigenvalue weighted by atomic mass is 9.83. The minimum atomic E-state index is -0.0825. The van der Waals surface area contributed by atoms with E-state index in [2.05, 4.69) is 31.3 Å². The molecule has 0 aromatic carbocycles. The van der Waals surface area contributed by atoms with Gasteiger partial charge in [-0.1, -0.05) is 0 Å². The molecule has 1 aromatic rings. The molecule has 3 heteroatoms. The third-order valence-corrected chi connectivity index (χ3v) is 4.42. The standard InChI is InChI=1S/C12H19NOS/c1-9-3-4-11(15-9)10-5-6-13-12(2,7-10)8-14/h3-4,10,13-14H,5-8H2,1-2H3. The SMILES string of the molecule is Cc1ccc(C2CCNC(C)(CO)C2)s1. The Labute approximate surface area is 95.3 Å². The number of thiophene rings is 1. The lowest BCUT2D eigenvalue weighted by Crippen LogP contribution is -2.50. The van der Waals surface area contributed by atoms with Crippen molar-refractivity contribution in [3.05, 3.63) is 21.9 Å². The van der Waals surface area contributed by atoms with Crippen LogP contribution in [0.5, 0.6) is 0 Å². The minimum absolute atomic E-state index is 0.0825. The first kappa shape index (κ1) is 11.1. The zero-order valence-corrected chi connectivity index (χ0v) is 10.2. The average Bonchev–Trinajstić information content (AvgIpc) is 2.65. The van der Waals surface area contributed by atoms with Gasteiger partial charge in [0.2, 0.25) is 0 Å². The summed E-state index contributed by atoms with van der Waals surface area (Å²) in [6.45, 7) is 5.51. The number of aryl methyl sites for hydroxylation is 1. The highest BCUT2D eigenvalue weighted by Gasteiger charge is 2.32. The van der Waals surface area contributed by atoms with E-state index in [4.69, 9.17) is 0 Å². The fourth-order valence-electron chi connectivity index (χ4n) is 2.30. The molecule has 0 radical (unpaired) electrons. The molecule has 15 heavy (non-hydrogen) atoms. The number of aliphatic hydroxyl groups is 1. The number of nitrogens with one attached hydrogen (secondary N) is 1. The summed E-state index contributed by atoms with van der Waals surface area (Å²) < 4.78 is 0. The fourth-order valence-corrected chi connectivity index (χ4v) is 3.31.